The van der Waals surface area contributed by atoms with Crippen molar-refractivity contribution in [3.8, 4) is 16.5 Å². The number of hydrogen-bond donors (Lipinski definition) is 0. The van der Waals surface area contributed by atoms with Gasteiger partial charge in [-0.1, -0.05) is 11.6 Å². The summed E-state index contributed by atoms with van der Waals surface area (Å²) in [5.41, 5.74) is 0.711. The Kier molecular flexibility index (Phi) is 3.22. The molecule has 0 unspecified atom stereocenters. The number of ether oxygens (including phenoxy) is 1. The second kappa shape index (κ2) is 4.63. The van der Waals surface area contributed by atoms with Crippen LogP contribution in [0.25, 0.3) is 10.6 Å². The SMILES string of the molecule is COc1cc(Cl)cc(-c2ccc(C=O)s2)n1. The third kappa shape index (κ3) is 2.23. The number of hydrogen-bond acceptors (Lipinski definition) is 4. The molecule has 5 heteroatoms. The smallest absolute Gasteiger partial charge is 0.215 e. The fourth-order valence-corrected chi connectivity index (χ4v) is 2.24. The molecule has 2 heterocycles. The molecule has 0 bridgehead atoms. The number of thiophene rings is 1. The molecule has 0 radical (unpaired) electrons. The van der Waals surface area contributed by atoms with Crippen molar-refractivity contribution in [2.45, 2.75) is 0 Å². The average Bonchev–Trinajstić information content (AvgIpc) is 2.76. The Hall–Kier alpha value is -1.39. The average molecular weight is 254 g/mol. The molecule has 2 aromatic heterocycles. The topological polar surface area (TPSA) is 39.2 Å². The van der Waals surface area contributed by atoms with Crippen LogP contribution in [0.2, 0.25) is 5.02 Å². The van der Waals surface area contributed by atoms with Crippen LogP contribution in [0, 0.1) is 0 Å². The lowest BCUT2D eigenvalue weighted by Gasteiger charge is -2.02. The van der Waals surface area contributed by atoms with Crippen molar-refractivity contribution in [1.82, 2.24) is 4.98 Å². The van der Waals surface area contributed by atoms with Crippen LogP contribution in [0.4, 0.5) is 0 Å². The fraction of sp³-hybridized carbons (Fsp3) is 0.0909. The minimum absolute atomic E-state index is 0.462. The monoisotopic (exact) mass is 253 g/mol. The number of rotatable bonds is 3. The van der Waals surface area contributed by atoms with E-state index in [4.69, 9.17) is 16.3 Å². The fourth-order valence-electron chi connectivity index (χ4n) is 1.26. The molecule has 0 atom stereocenters. The van der Waals surface area contributed by atoms with Gasteiger partial charge in [-0.2, -0.15) is 0 Å². The number of carbonyl (C=O) groups excluding carboxylic acids is 1. The van der Waals surface area contributed by atoms with Crippen LogP contribution < -0.4 is 4.74 Å². The minimum atomic E-state index is 0.462. The van der Waals surface area contributed by atoms with E-state index in [1.165, 1.54) is 18.4 Å². The molecule has 0 aliphatic heterocycles. The van der Waals surface area contributed by atoms with Gasteiger partial charge < -0.3 is 4.74 Å². The van der Waals surface area contributed by atoms with Crippen molar-refractivity contribution in [3.63, 3.8) is 0 Å². The minimum Gasteiger partial charge on any atom is -0.481 e. The molecule has 0 aromatic carbocycles. The maximum atomic E-state index is 10.6. The molecule has 0 N–H and O–H groups in total. The van der Waals surface area contributed by atoms with Gasteiger partial charge in [-0.3, -0.25) is 4.79 Å². The summed E-state index contributed by atoms with van der Waals surface area (Å²) in [6.45, 7) is 0. The summed E-state index contributed by atoms with van der Waals surface area (Å²) < 4.78 is 5.03. The molecule has 2 rings (SSSR count). The highest BCUT2D eigenvalue weighted by molar-refractivity contribution is 7.17. The van der Waals surface area contributed by atoms with Gasteiger partial charge in [0.15, 0.2) is 6.29 Å². The second-order valence-corrected chi connectivity index (χ2v) is 4.58. The molecule has 0 aliphatic carbocycles. The van der Waals surface area contributed by atoms with Gasteiger partial charge in [-0.15, -0.1) is 11.3 Å². The van der Waals surface area contributed by atoms with E-state index in [0.29, 0.717) is 21.5 Å². The molecular formula is C11H8ClNO2S. The highest BCUT2D eigenvalue weighted by atomic mass is 35.5. The van der Waals surface area contributed by atoms with E-state index in [9.17, 15) is 4.79 Å². The largest absolute Gasteiger partial charge is 0.481 e. The van der Waals surface area contributed by atoms with E-state index in [1.54, 1.807) is 18.2 Å². The van der Waals surface area contributed by atoms with Gasteiger partial charge in [-0.25, -0.2) is 4.98 Å². The van der Waals surface area contributed by atoms with E-state index in [0.717, 1.165) is 11.2 Å². The molecule has 0 amide bonds. The molecular weight excluding hydrogens is 246 g/mol. The van der Waals surface area contributed by atoms with Crippen LogP contribution in [0.15, 0.2) is 24.3 Å². The van der Waals surface area contributed by atoms with Crippen LogP contribution in [-0.4, -0.2) is 18.4 Å². The predicted octanol–water partition coefficient (Wildman–Crippen LogP) is 3.28. The Bertz CT molecular complexity index is 524. The first kappa shape index (κ1) is 11.1. The Morgan fingerprint density at radius 3 is 2.88 bits per heavy atom. The van der Waals surface area contributed by atoms with Crippen molar-refractivity contribution in [1.29, 1.82) is 0 Å². The predicted molar refractivity (Wildman–Crippen MR) is 64.5 cm³/mol. The zero-order valence-corrected chi connectivity index (χ0v) is 10.0. The summed E-state index contributed by atoms with van der Waals surface area (Å²) in [6, 6.07) is 6.97. The second-order valence-electron chi connectivity index (χ2n) is 3.03. The summed E-state index contributed by atoms with van der Waals surface area (Å²) in [5, 5.41) is 0.558. The zero-order chi connectivity index (χ0) is 11.5. The van der Waals surface area contributed by atoms with Crippen molar-refractivity contribution in [3.05, 3.63) is 34.2 Å². The first-order valence-corrected chi connectivity index (χ1v) is 5.69. The summed E-state index contributed by atoms with van der Waals surface area (Å²) in [4.78, 5) is 16.4. The number of methoxy groups -OCH3 is 1. The maximum Gasteiger partial charge on any atom is 0.215 e. The summed E-state index contributed by atoms with van der Waals surface area (Å²) >= 11 is 7.30. The maximum absolute atomic E-state index is 10.6. The van der Waals surface area contributed by atoms with Crippen LogP contribution in [0.1, 0.15) is 9.67 Å². The number of pyridine rings is 1. The Morgan fingerprint density at radius 2 is 2.25 bits per heavy atom. The lowest BCUT2D eigenvalue weighted by molar-refractivity contribution is 0.112. The normalized spacial score (nSPS) is 10.1. The zero-order valence-electron chi connectivity index (χ0n) is 8.44. The van der Waals surface area contributed by atoms with Gasteiger partial charge in [0.2, 0.25) is 5.88 Å². The number of nitrogens with zero attached hydrogens (tertiary/aromatic N) is 1. The van der Waals surface area contributed by atoms with Gasteiger partial charge in [0.05, 0.1) is 22.6 Å². The number of aromatic nitrogens is 1. The van der Waals surface area contributed by atoms with Crippen molar-refractivity contribution in [2.24, 2.45) is 0 Å². The standard InChI is InChI=1S/C11H8ClNO2S/c1-15-11-5-7(12)4-9(13-11)10-3-2-8(6-14)16-10/h2-6H,1H3. The summed E-state index contributed by atoms with van der Waals surface area (Å²) in [6.07, 6.45) is 0.815. The Morgan fingerprint density at radius 1 is 1.44 bits per heavy atom. The van der Waals surface area contributed by atoms with Crippen molar-refractivity contribution in [2.75, 3.05) is 7.11 Å². The van der Waals surface area contributed by atoms with E-state index in [2.05, 4.69) is 4.98 Å². The molecule has 0 aliphatic rings. The van der Waals surface area contributed by atoms with E-state index in [-0.39, 0.29) is 0 Å². The first-order chi connectivity index (χ1) is 7.72. The summed E-state index contributed by atoms with van der Waals surface area (Å²) in [5.74, 6) is 0.462. The van der Waals surface area contributed by atoms with Gasteiger partial charge in [0, 0.05) is 11.1 Å². The number of carbonyl (C=O) groups is 1. The van der Waals surface area contributed by atoms with Gasteiger partial charge in [-0.05, 0) is 18.2 Å². The molecule has 0 saturated carbocycles. The van der Waals surface area contributed by atoms with E-state index >= 15 is 0 Å². The molecule has 3 nitrogen and oxygen atoms in total. The highest BCUT2D eigenvalue weighted by Gasteiger charge is 2.07. The van der Waals surface area contributed by atoms with Crippen LogP contribution in [0.5, 0.6) is 5.88 Å². The van der Waals surface area contributed by atoms with E-state index in [1.807, 2.05) is 6.07 Å². The Balaban J connectivity index is 2.46. The van der Waals surface area contributed by atoms with Crippen LogP contribution in [0.3, 0.4) is 0 Å². The number of halogens is 1. The first-order valence-electron chi connectivity index (χ1n) is 4.50. The van der Waals surface area contributed by atoms with Crippen molar-refractivity contribution < 1.29 is 9.53 Å². The van der Waals surface area contributed by atoms with Crippen LogP contribution >= 0.6 is 22.9 Å². The Labute approximate surface area is 102 Å². The van der Waals surface area contributed by atoms with Gasteiger partial charge >= 0.3 is 0 Å². The van der Waals surface area contributed by atoms with E-state index < -0.39 is 0 Å². The highest BCUT2D eigenvalue weighted by Crippen LogP contribution is 2.29. The molecule has 0 fully saturated rings. The van der Waals surface area contributed by atoms with Crippen molar-refractivity contribution >= 4 is 29.2 Å². The lowest BCUT2D eigenvalue weighted by atomic mass is 10.3. The molecule has 2 aromatic rings. The molecule has 82 valence electrons. The third-order valence-corrected chi connectivity index (χ3v) is 3.22. The van der Waals surface area contributed by atoms with Gasteiger partial charge in [0.1, 0.15) is 0 Å². The number of aldehydes is 1. The summed E-state index contributed by atoms with van der Waals surface area (Å²) in [7, 11) is 1.54. The third-order valence-electron chi connectivity index (χ3n) is 1.97. The molecule has 16 heavy (non-hydrogen) atoms. The molecule has 0 saturated heterocycles. The quantitative estimate of drug-likeness (QED) is 0.788. The van der Waals surface area contributed by atoms with Crippen LogP contribution in [-0.2, 0) is 0 Å². The lowest BCUT2D eigenvalue weighted by Crippen LogP contribution is -1.89. The van der Waals surface area contributed by atoms with Gasteiger partial charge in [0.25, 0.3) is 0 Å². The molecule has 0 spiro atoms.